The molecule has 6 rings (SSSR count). The molecule has 208 valence electrons. The number of thioether (sulfide) groups is 1. The fourth-order valence-corrected chi connectivity index (χ4v) is 8.36. The van der Waals surface area contributed by atoms with Crippen LogP contribution in [-0.4, -0.2) is 53.0 Å². The average Bonchev–Trinajstić information content (AvgIpc) is 2.93. The first-order valence-electron chi connectivity index (χ1n) is 14.2. The zero-order valence-corrected chi connectivity index (χ0v) is 23.2. The molecule has 4 bridgehead atoms. The topological polar surface area (TPSA) is 119 Å². The van der Waals surface area contributed by atoms with Crippen molar-refractivity contribution in [1.29, 1.82) is 0 Å². The smallest absolute Gasteiger partial charge is 0.242 e. The average molecular weight is 549 g/mol. The summed E-state index contributed by atoms with van der Waals surface area (Å²) in [5.41, 5.74) is 14.3. The van der Waals surface area contributed by atoms with Gasteiger partial charge in [0.25, 0.3) is 0 Å². The summed E-state index contributed by atoms with van der Waals surface area (Å²) in [4.78, 5) is 41.4. The van der Waals surface area contributed by atoms with Crippen molar-refractivity contribution in [3.8, 4) is 0 Å². The summed E-state index contributed by atoms with van der Waals surface area (Å²) in [6.45, 7) is -0.183. The molecule has 3 amide bonds. The van der Waals surface area contributed by atoms with Gasteiger partial charge in [0.1, 0.15) is 6.04 Å². The van der Waals surface area contributed by atoms with Gasteiger partial charge in [-0.1, -0.05) is 60.7 Å². The highest BCUT2D eigenvalue weighted by atomic mass is 32.2. The quantitative estimate of drug-likeness (QED) is 0.377. The van der Waals surface area contributed by atoms with Gasteiger partial charge in [0.05, 0.1) is 12.6 Å². The maximum absolute atomic E-state index is 13.9. The van der Waals surface area contributed by atoms with E-state index in [0.717, 1.165) is 48.8 Å². The molecule has 4 aliphatic rings. The molecule has 0 aromatic heterocycles. The Balaban J connectivity index is 1.26. The minimum absolute atomic E-state index is 0.0153. The number of primary amides is 1. The van der Waals surface area contributed by atoms with E-state index < -0.39 is 18.0 Å². The van der Waals surface area contributed by atoms with Crippen LogP contribution >= 0.6 is 11.8 Å². The number of amides is 3. The first-order chi connectivity index (χ1) is 18.9. The molecule has 7 nitrogen and oxygen atoms in total. The molecule has 0 aliphatic heterocycles. The normalized spacial score (nSPS) is 26.5. The van der Waals surface area contributed by atoms with Crippen molar-refractivity contribution in [3.05, 3.63) is 71.8 Å². The molecule has 4 aliphatic carbocycles. The van der Waals surface area contributed by atoms with Gasteiger partial charge in [-0.3, -0.25) is 14.4 Å². The van der Waals surface area contributed by atoms with Crippen molar-refractivity contribution < 1.29 is 14.4 Å². The lowest BCUT2D eigenvalue weighted by molar-refractivity contribution is -0.153. The van der Waals surface area contributed by atoms with E-state index in [1.54, 1.807) is 16.7 Å². The Morgan fingerprint density at radius 2 is 1.44 bits per heavy atom. The Hall–Kier alpha value is -2.84. The number of nitrogens with one attached hydrogen (secondary N) is 1. The number of hydrogen-bond donors (Lipinski definition) is 3. The highest BCUT2D eigenvalue weighted by molar-refractivity contribution is 7.98. The molecular weight excluding hydrogens is 508 g/mol. The predicted molar refractivity (Wildman–Crippen MR) is 154 cm³/mol. The number of carbonyl (C=O) groups is 3. The van der Waals surface area contributed by atoms with Crippen LogP contribution in [0.2, 0.25) is 0 Å². The Morgan fingerprint density at radius 3 is 2.00 bits per heavy atom. The van der Waals surface area contributed by atoms with Crippen LogP contribution in [0.3, 0.4) is 0 Å². The summed E-state index contributed by atoms with van der Waals surface area (Å²) < 4.78 is 0. The second-order valence-electron chi connectivity index (χ2n) is 11.7. The maximum Gasteiger partial charge on any atom is 0.242 e. The molecule has 0 heterocycles. The zero-order valence-electron chi connectivity index (χ0n) is 22.4. The highest BCUT2D eigenvalue weighted by Crippen LogP contribution is 2.55. The Bertz CT molecular complexity index is 1120. The summed E-state index contributed by atoms with van der Waals surface area (Å²) in [5.74, 6) is 2.34. The molecule has 39 heavy (non-hydrogen) atoms. The third-order valence-electron chi connectivity index (χ3n) is 8.88. The molecule has 0 saturated heterocycles. The lowest BCUT2D eigenvalue weighted by Crippen LogP contribution is -2.64. The molecule has 4 saturated carbocycles. The predicted octanol–water partition coefficient (Wildman–Crippen LogP) is 3.11. The molecule has 0 radical (unpaired) electrons. The molecule has 8 heteroatoms. The first-order valence-corrected chi connectivity index (χ1v) is 15.3. The van der Waals surface area contributed by atoms with Crippen molar-refractivity contribution in [2.75, 3.05) is 12.3 Å². The van der Waals surface area contributed by atoms with E-state index in [1.165, 1.54) is 12.0 Å². The van der Waals surface area contributed by atoms with Crippen molar-refractivity contribution in [2.45, 2.75) is 62.4 Å². The van der Waals surface area contributed by atoms with E-state index >= 15 is 0 Å². The van der Waals surface area contributed by atoms with Crippen molar-refractivity contribution in [3.63, 3.8) is 0 Å². The van der Waals surface area contributed by atoms with Crippen LogP contribution in [0.1, 0.15) is 43.2 Å². The van der Waals surface area contributed by atoms with Gasteiger partial charge in [0, 0.05) is 24.0 Å². The summed E-state index contributed by atoms with van der Waals surface area (Å²) >= 11 is 1.59. The van der Waals surface area contributed by atoms with Crippen molar-refractivity contribution in [1.82, 2.24) is 10.2 Å². The number of benzene rings is 2. The molecule has 0 spiro atoms. The molecule has 5 N–H and O–H groups in total. The monoisotopic (exact) mass is 548 g/mol. The lowest BCUT2D eigenvalue weighted by atomic mass is 9.53. The van der Waals surface area contributed by atoms with Gasteiger partial charge >= 0.3 is 0 Å². The van der Waals surface area contributed by atoms with Gasteiger partial charge in [-0.05, 0) is 66.9 Å². The summed E-state index contributed by atoms with van der Waals surface area (Å²) in [5, 5.41) is 2.77. The van der Waals surface area contributed by atoms with Crippen LogP contribution in [0, 0.1) is 23.7 Å². The van der Waals surface area contributed by atoms with E-state index in [0.29, 0.717) is 24.0 Å². The minimum Gasteiger partial charge on any atom is -0.368 e. The fraction of sp³-hybridized carbons (Fsp3) is 0.516. The van der Waals surface area contributed by atoms with Gasteiger partial charge in [0.15, 0.2) is 0 Å². The summed E-state index contributed by atoms with van der Waals surface area (Å²) in [6, 6.07) is 18.2. The van der Waals surface area contributed by atoms with Crippen LogP contribution in [0.25, 0.3) is 0 Å². The first kappa shape index (κ1) is 27.7. The molecular formula is C31H40N4O3S. The van der Waals surface area contributed by atoms with E-state index in [9.17, 15) is 14.4 Å². The van der Waals surface area contributed by atoms with Crippen LogP contribution < -0.4 is 16.8 Å². The van der Waals surface area contributed by atoms with E-state index in [2.05, 4.69) is 5.32 Å². The van der Waals surface area contributed by atoms with Gasteiger partial charge in [-0.2, -0.15) is 11.8 Å². The van der Waals surface area contributed by atoms with Crippen LogP contribution in [0.4, 0.5) is 0 Å². The number of nitrogens with zero attached hydrogens (tertiary/aromatic N) is 1. The van der Waals surface area contributed by atoms with Crippen molar-refractivity contribution >= 4 is 29.5 Å². The Kier molecular flexibility index (Phi) is 8.92. The largest absolute Gasteiger partial charge is 0.368 e. The lowest BCUT2D eigenvalue weighted by Gasteiger charge is -2.58. The maximum atomic E-state index is 13.9. The van der Waals surface area contributed by atoms with Crippen LogP contribution in [0.15, 0.2) is 60.7 Å². The zero-order chi connectivity index (χ0) is 27.4. The highest BCUT2D eigenvalue weighted by Gasteiger charge is 2.52. The Labute approximate surface area is 235 Å². The van der Waals surface area contributed by atoms with Gasteiger partial charge in [-0.25, -0.2) is 0 Å². The van der Waals surface area contributed by atoms with E-state index in [-0.39, 0.29) is 24.4 Å². The molecule has 0 unspecified atom stereocenters. The van der Waals surface area contributed by atoms with Crippen LogP contribution in [0.5, 0.6) is 0 Å². The number of hydrogen-bond acceptors (Lipinski definition) is 5. The second kappa shape index (κ2) is 12.6. The third-order valence-corrected chi connectivity index (χ3v) is 10.0. The van der Waals surface area contributed by atoms with Gasteiger partial charge in [-0.15, -0.1) is 0 Å². The standard InChI is InChI=1S/C31H40N4O3S/c32-26(19-39-18-21-9-5-2-6-10-21)31(38)34-17-28(36)35(27(30(33)37)16-20-7-3-1-4-8-20)29-24-12-22-11-23(14-24)15-25(29)13-22/h1-10,22-27,29H,11-19,32H2,(H2,33,37)(H,34,38)/t22?,23?,24?,25?,26-,27+,29?/m1/s1. The molecule has 2 aromatic rings. The number of carbonyl (C=O) groups excluding carboxylic acids is 3. The summed E-state index contributed by atoms with van der Waals surface area (Å²) in [7, 11) is 0. The minimum atomic E-state index is -0.755. The molecule has 4 fully saturated rings. The summed E-state index contributed by atoms with van der Waals surface area (Å²) in [6.07, 6.45) is 6.09. The van der Waals surface area contributed by atoms with Gasteiger partial charge in [0.2, 0.25) is 17.7 Å². The fourth-order valence-electron chi connectivity index (χ4n) is 7.41. The van der Waals surface area contributed by atoms with Gasteiger partial charge < -0.3 is 21.7 Å². The number of rotatable bonds is 12. The van der Waals surface area contributed by atoms with Crippen molar-refractivity contribution in [2.24, 2.45) is 35.1 Å². The Morgan fingerprint density at radius 1 is 0.872 bits per heavy atom. The van der Waals surface area contributed by atoms with E-state index in [1.807, 2.05) is 60.7 Å². The van der Waals surface area contributed by atoms with Crippen LogP contribution in [-0.2, 0) is 26.6 Å². The number of nitrogens with two attached hydrogens (primary N) is 2. The third kappa shape index (κ3) is 6.67. The SMILES string of the molecule is NC(=O)[C@H](Cc1ccccc1)N(C(=O)CNC(=O)[C@H](N)CSCc1ccccc1)C1C2CC3CC(C2)CC1C3. The second-order valence-corrected chi connectivity index (χ2v) is 12.7. The molecule has 2 aromatic carbocycles. The van der Waals surface area contributed by atoms with E-state index in [4.69, 9.17) is 11.5 Å². The molecule has 2 atom stereocenters.